The van der Waals surface area contributed by atoms with Crippen LogP contribution in [-0.4, -0.2) is 21.8 Å². The molecule has 1 aliphatic heterocycles. The Bertz CT molecular complexity index is 1420. The van der Waals surface area contributed by atoms with Crippen LogP contribution in [0.2, 0.25) is 5.02 Å². The van der Waals surface area contributed by atoms with Gasteiger partial charge in [0.1, 0.15) is 17.6 Å². The number of aliphatic hydroxyl groups excluding tert-OH is 1. The van der Waals surface area contributed by atoms with Crippen LogP contribution in [0, 0.1) is 13.8 Å². The molecule has 32 heavy (non-hydrogen) atoms. The van der Waals surface area contributed by atoms with Crippen molar-refractivity contribution in [3.8, 4) is 0 Å². The van der Waals surface area contributed by atoms with Crippen molar-refractivity contribution >= 4 is 55.7 Å². The van der Waals surface area contributed by atoms with E-state index < -0.39 is 17.7 Å². The van der Waals surface area contributed by atoms with E-state index in [4.69, 9.17) is 16.0 Å². The molecule has 2 aromatic carbocycles. The number of rotatable bonds is 3. The van der Waals surface area contributed by atoms with E-state index in [0.29, 0.717) is 27.0 Å². The maximum Gasteiger partial charge on any atom is 0.302 e. The van der Waals surface area contributed by atoms with E-state index in [9.17, 15) is 14.7 Å². The predicted molar refractivity (Wildman–Crippen MR) is 124 cm³/mol. The molecular weight excluding hydrogens is 448 g/mol. The fourth-order valence-corrected chi connectivity index (χ4v) is 5.14. The highest BCUT2D eigenvalue weighted by atomic mass is 35.5. The predicted octanol–water partition coefficient (Wildman–Crippen LogP) is 5.79. The maximum atomic E-state index is 13.2. The first kappa shape index (κ1) is 20.5. The van der Waals surface area contributed by atoms with Crippen molar-refractivity contribution in [2.75, 3.05) is 4.90 Å². The third-order valence-corrected chi connectivity index (χ3v) is 6.70. The number of ketones is 1. The van der Waals surface area contributed by atoms with Gasteiger partial charge in [-0.05, 0) is 55.8 Å². The van der Waals surface area contributed by atoms with Gasteiger partial charge >= 0.3 is 5.91 Å². The fourth-order valence-electron chi connectivity index (χ4n) is 3.87. The van der Waals surface area contributed by atoms with Gasteiger partial charge in [-0.1, -0.05) is 40.6 Å². The van der Waals surface area contributed by atoms with Gasteiger partial charge in [0.2, 0.25) is 0 Å². The molecule has 0 saturated carbocycles. The minimum Gasteiger partial charge on any atom is -0.507 e. The monoisotopic (exact) mass is 464 g/mol. The first-order valence-corrected chi connectivity index (χ1v) is 11.0. The zero-order valence-corrected chi connectivity index (χ0v) is 18.7. The van der Waals surface area contributed by atoms with Gasteiger partial charge in [-0.2, -0.15) is 0 Å². The number of halogens is 1. The smallest absolute Gasteiger partial charge is 0.302 e. The van der Waals surface area contributed by atoms with Gasteiger partial charge in [0.25, 0.3) is 5.78 Å². The molecule has 160 valence electrons. The summed E-state index contributed by atoms with van der Waals surface area (Å²) < 4.78 is 6.37. The summed E-state index contributed by atoms with van der Waals surface area (Å²) in [6.07, 6.45) is 1.46. The van der Waals surface area contributed by atoms with Crippen LogP contribution in [-0.2, 0) is 9.59 Å². The molecule has 1 atom stereocenters. The fraction of sp³-hybridized carbons (Fsp3) is 0.125. The van der Waals surface area contributed by atoms with Crippen LogP contribution in [0.4, 0.5) is 5.13 Å². The summed E-state index contributed by atoms with van der Waals surface area (Å²) in [6.45, 7) is 3.73. The lowest BCUT2D eigenvalue weighted by Gasteiger charge is -2.20. The van der Waals surface area contributed by atoms with E-state index in [2.05, 4.69) is 4.98 Å². The van der Waals surface area contributed by atoms with E-state index >= 15 is 0 Å². The Morgan fingerprint density at radius 1 is 1.16 bits per heavy atom. The van der Waals surface area contributed by atoms with E-state index in [1.807, 2.05) is 26.0 Å². The number of Topliss-reactive ketones (excluding diaryl/α,β-unsaturated/α-hetero) is 1. The summed E-state index contributed by atoms with van der Waals surface area (Å²) in [5.41, 5.74) is 2.83. The molecule has 0 radical (unpaired) electrons. The average molecular weight is 465 g/mol. The Morgan fingerprint density at radius 2 is 1.97 bits per heavy atom. The third kappa shape index (κ3) is 3.21. The average Bonchev–Trinajstić information content (AvgIpc) is 3.48. The summed E-state index contributed by atoms with van der Waals surface area (Å²) in [5.74, 6) is -1.45. The molecule has 1 aliphatic rings. The van der Waals surface area contributed by atoms with Gasteiger partial charge in [0, 0.05) is 10.6 Å². The van der Waals surface area contributed by atoms with Crippen LogP contribution in [0.1, 0.15) is 28.5 Å². The number of carbonyl (C=O) groups excluding carboxylic acids is 2. The van der Waals surface area contributed by atoms with Crippen molar-refractivity contribution in [2.45, 2.75) is 19.9 Å². The zero-order valence-electron chi connectivity index (χ0n) is 17.1. The van der Waals surface area contributed by atoms with Crippen molar-refractivity contribution in [3.05, 3.63) is 87.8 Å². The summed E-state index contributed by atoms with van der Waals surface area (Å²) in [4.78, 5) is 32.2. The Kier molecular flexibility index (Phi) is 4.87. The first-order valence-electron chi connectivity index (χ1n) is 9.83. The lowest BCUT2D eigenvalue weighted by molar-refractivity contribution is -0.132. The highest BCUT2D eigenvalue weighted by molar-refractivity contribution is 7.22. The SMILES string of the molecule is Cc1ccc(C)c(/C(O)=C2\C(=O)C(=O)N(c3nc4ccc(Cl)cc4s3)C2c2ccco2)c1. The van der Waals surface area contributed by atoms with Crippen molar-refractivity contribution in [1.29, 1.82) is 0 Å². The van der Waals surface area contributed by atoms with Gasteiger partial charge in [0.05, 0.1) is 22.1 Å². The highest BCUT2D eigenvalue weighted by Crippen LogP contribution is 2.44. The Morgan fingerprint density at radius 3 is 2.72 bits per heavy atom. The standard InChI is InChI=1S/C24H17ClN2O4S/c1-12-5-6-13(2)15(10-12)21(28)19-20(17-4-3-9-31-17)27(23(30)22(19)29)24-26-16-8-7-14(25)11-18(16)32-24/h3-11,20,28H,1-2H3/b21-19+. The molecule has 1 amide bonds. The largest absolute Gasteiger partial charge is 0.507 e. The first-order chi connectivity index (χ1) is 15.3. The number of amides is 1. The third-order valence-electron chi connectivity index (χ3n) is 5.45. The number of aromatic nitrogens is 1. The molecular formula is C24H17ClN2O4S. The van der Waals surface area contributed by atoms with Crippen LogP contribution in [0.3, 0.4) is 0 Å². The second-order valence-corrected chi connectivity index (χ2v) is 9.06. The molecule has 0 aliphatic carbocycles. The minimum absolute atomic E-state index is 0.0315. The Hall–Kier alpha value is -3.42. The summed E-state index contributed by atoms with van der Waals surface area (Å²) in [5, 5.41) is 12.1. The molecule has 0 bridgehead atoms. The second-order valence-electron chi connectivity index (χ2n) is 7.61. The number of furan rings is 1. The van der Waals surface area contributed by atoms with Crippen molar-refractivity contribution < 1.29 is 19.1 Å². The van der Waals surface area contributed by atoms with E-state index in [-0.39, 0.29) is 11.3 Å². The molecule has 1 N–H and O–H groups in total. The Balaban J connectivity index is 1.74. The number of aliphatic hydroxyl groups is 1. The van der Waals surface area contributed by atoms with Crippen molar-refractivity contribution in [1.82, 2.24) is 4.98 Å². The second kappa shape index (κ2) is 7.62. The normalized spacial score (nSPS) is 18.1. The van der Waals surface area contributed by atoms with Crippen LogP contribution in [0.5, 0.6) is 0 Å². The molecule has 1 fully saturated rings. The zero-order chi connectivity index (χ0) is 22.6. The molecule has 2 aromatic heterocycles. The number of carbonyl (C=O) groups is 2. The number of hydrogen-bond donors (Lipinski definition) is 1. The summed E-state index contributed by atoms with van der Waals surface area (Å²) in [6, 6.07) is 13.2. The molecule has 0 spiro atoms. The molecule has 3 heterocycles. The molecule has 4 aromatic rings. The highest BCUT2D eigenvalue weighted by Gasteiger charge is 2.49. The van der Waals surface area contributed by atoms with Crippen LogP contribution >= 0.6 is 22.9 Å². The van der Waals surface area contributed by atoms with Gasteiger partial charge in [0.15, 0.2) is 5.13 Å². The van der Waals surface area contributed by atoms with E-state index in [1.54, 1.807) is 36.4 Å². The van der Waals surface area contributed by atoms with Crippen LogP contribution in [0.25, 0.3) is 16.0 Å². The Labute approximate surface area is 192 Å². The number of thiazole rings is 1. The number of anilines is 1. The molecule has 6 nitrogen and oxygen atoms in total. The number of aryl methyl sites for hydroxylation is 2. The lowest BCUT2D eigenvalue weighted by Crippen LogP contribution is -2.29. The number of nitrogens with zero attached hydrogens (tertiary/aromatic N) is 2. The van der Waals surface area contributed by atoms with Crippen LogP contribution < -0.4 is 4.90 Å². The topological polar surface area (TPSA) is 83.6 Å². The molecule has 1 unspecified atom stereocenters. The number of hydrogen-bond acceptors (Lipinski definition) is 6. The van der Waals surface area contributed by atoms with Crippen LogP contribution in [0.15, 0.2) is 64.8 Å². The van der Waals surface area contributed by atoms with Gasteiger partial charge < -0.3 is 9.52 Å². The minimum atomic E-state index is -0.944. The number of fused-ring (bicyclic) bond motifs is 1. The van der Waals surface area contributed by atoms with E-state index in [0.717, 1.165) is 15.8 Å². The van der Waals surface area contributed by atoms with Crippen molar-refractivity contribution in [3.63, 3.8) is 0 Å². The maximum absolute atomic E-state index is 13.2. The quantitative estimate of drug-likeness (QED) is 0.236. The summed E-state index contributed by atoms with van der Waals surface area (Å²) >= 11 is 7.34. The van der Waals surface area contributed by atoms with Gasteiger partial charge in [-0.3, -0.25) is 14.5 Å². The molecule has 5 rings (SSSR count). The molecule has 1 saturated heterocycles. The van der Waals surface area contributed by atoms with E-state index in [1.165, 1.54) is 22.5 Å². The van der Waals surface area contributed by atoms with Gasteiger partial charge in [-0.15, -0.1) is 0 Å². The molecule has 8 heteroatoms. The van der Waals surface area contributed by atoms with Gasteiger partial charge in [-0.25, -0.2) is 4.98 Å². The number of benzene rings is 2. The lowest BCUT2D eigenvalue weighted by atomic mass is 9.96. The van der Waals surface area contributed by atoms with Crippen molar-refractivity contribution in [2.24, 2.45) is 0 Å². The summed E-state index contributed by atoms with van der Waals surface area (Å²) in [7, 11) is 0.